The summed E-state index contributed by atoms with van der Waals surface area (Å²) >= 11 is 0. The molecule has 0 radical (unpaired) electrons. The Morgan fingerprint density at radius 2 is 2.22 bits per heavy atom. The highest BCUT2D eigenvalue weighted by Gasteiger charge is 2.28. The molecule has 1 aliphatic rings. The second kappa shape index (κ2) is 6.32. The van der Waals surface area contributed by atoms with Crippen molar-refractivity contribution in [1.82, 2.24) is 5.32 Å². The monoisotopic (exact) mass is 249 g/mol. The van der Waals surface area contributed by atoms with Gasteiger partial charge >= 0.3 is 0 Å². The summed E-state index contributed by atoms with van der Waals surface area (Å²) in [5.74, 6) is 0.627. The highest BCUT2D eigenvalue weighted by Crippen LogP contribution is 2.35. The van der Waals surface area contributed by atoms with E-state index in [1.165, 1.54) is 11.1 Å². The van der Waals surface area contributed by atoms with Gasteiger partial charge in [0.25, 0.3) is 0 Å². The highest BCUT2D eigenvalue weighted by molar-refractivity contribution is 5.35. The standard InChI is InChI=1S/C15H23NO2/c1-11-9-12-5-3-4-6-14(12)15(11)16-8-7-13(17)10-18-2/h3-6,11,13,15-17H,7-10H2,1-2H3. The van der Waals surface area contributed by atoms with E-state index in [1.807, 2.05) is 0 Å². The summed E-state index contributed by atoms with van der Waals surface area (Å²) < 4.78 is 4.93. The summed E-state index contributed by atoms with van der Waals surface area (Å²) in [6, 6.07) is 9.06. The molecule has 3 unspecified atom stereocenters. The fraction of sp³-hybridized carbons (Fsp3) is 0.600. The van der Waals surface area contributed by atoms with Gasteiger partial charge in [0.05, 0.1) is 12.7 Å². The molecule has 0 aromatic heterocycles. The number of methoxy groups -OCH3 is 1. The van der Waals surface area contributed by atoms with Gasteiger partial charge in [-0.1, -0.05) is 31.2 Å². The molecule has 1 aromatic rings. The van der Waals surface area contributed by atoms with Crippen LogP contribution in [-0.4, -0.2) is 31.5 Å². The van der Waals surface area contributed by atoms with E-state index in [0.717, 1.165) is 19.4 Å². The maximum Gasteiger partial charge on any atom is 0.0785 e. The zero-order valence-corrected chi connectivity index (χ0v) is 11.2. The van der Waals surface area contributed by atoms with Crippen molar-refractivity contribution < 1.29 is 9.84 Å². The Balaban J connectivity index is 1.86. The first-order valence-electron chi connectivity index (χ1n) is 6.70. The Hall–Kier alpha value is -0.900. The number of aliphatic hydroxyl groups excluding tert-OH is 1. The molecule has 18 heavy (non-hydrogen) atoms. The van der Waals surface area contributed by atoms with E-state index in [9.17, 15) is 5.11 Å². The fourth-order valence-electron chi connectivity index (χ4n) is 2.79. The number of aliphatic hydroxyl groups is 1. The molecular formula is C15H23NO2. The minimum absolute atomic E-state index is 0.366. The van der Waals surface area contributed by atoms with Crippen molar-refractivity contribution in [2.24, 2.45) is 5.92 Å². The van der Waals surface area contributed by atoms with Gasteiger partial charge < -0.3 is 15.2 Å². The summed E-state index contributed by atoms with van der Waals surface area (Å²) in [5.41, 5.74) is 2.88. The van der Waals surface area contributed by atoms with Crippen LogP contribution in [0.3, 0.4) is 0 Å². The summed E-state index contributed by atoms with van der Waals surface area (Å²) in [6.07, 6.45) is 1.52. The molecule has 3 atom stereocenters. The molecule has 1 aliphatic carbocycles. The molecule has 100 valence electrons. The van der Waals surface area contributed by atoms with Crippen LogP contribution in [-0.2, 0) is 11.2 Å². The fourth-order valence-corrected chi connectivity index (χ4v) is 2.79. The number of hydrogen-bond acceptors (Lipinski definition) is 3. The van der Waals surface area contributed by atoms with Gasteiger partial charge in [0.1, 0.15) is 0 Å². The van der Waals surface area contributed by atoms with Gasteiger partial charge in [-0.2, -0.15) is 0 Å². The molecule has 2 rings (SSSR count). The third-order valence-electron chi connectivity index (χ3n) is 3.70. The van der Waals surface area contributed by atoms with Crippen LogP contribution in [0.15, 0.2) is 24.3 Å². The lowest BCUT2D eigenvalue weighted by Gasteiger charge is -2.19. The van der Waals surface area contributed by atoms with Gasteiger partial charge in [-0.15, -0.1) is 0 Å². The molecule has 0 heterocycles. The van der Waals surface area contributed by atoms with Gasteiger partial charge in [0.2, 0.25) is 0 Å². The third kappa shape index (κ3) is 3.10. The van der Waals surface area contributed by atoms with Crippen LogP contribution in [0.5, 0.6) is 0 Å². The van der Waals surface area contributed by atoms with Crippen LogP contribution < -0.4 is 5.32 Å². The van der Waals surface area contributed by atoms with Crippen molar-refractivity contribution in [3.63, 3.8) is 0 Å². The van der Waals surface area contributed by atoms with Crippen LogP contribution in [0.25, 0.3) is 0 Å². The Bertz CT molecular complexity index is 381. The average Bonchev–Trinajstić information content (AvgIpc) is 2.66. The second-order valence-electron chi connectivity index (χ2n) is 5.21. The van der Waals surface area contributed by atoms with Crippen molar-refractivity contribution >= 4 is 0 Å². The molecule has 0 saturated carbocycles. The van der Waals surface area contributed by atoms with E-state index in [-0.39, 0.29) is 6.10 Å². The largest absolute Gasteiger partial charge is 0.391 e. The summed E-state index contributed by atoms with van der Waals surface area (Å²) in [5, 5.41) is 13.2. The van der Waals surface area contributed by atoms with Gasteiger partial charge in [-0.25, -0.2) is 0 Å². The Kier molecular flexibility index (Phi) is 4.75. The minimum Gasteiger partial charge on any atom is -0.391 e. The molecular weight excluding hydrogens is 226 g/mol. The molecule has 0 fully saturated rings. The van der Waals surface area contributed by atoms with Gasteiger partial charge in [-0.3, -0.25) is 0 Å². The van der Waals surface area contributed by atoms with E-state index >= 15 is 0 Å². The Labute approximate surface area is 109 Å². The molecule has 2 N–H and O–H groups in total. The lowest BCUT2D eigenvalue weighted by Crippen LogP contribution is -2.28. The van der Waals surface area contributed by atoms with Crippen LogP contribution in [0, 0.1) is 5.92 Å². The van der Waals surface area contributed by atoms with E-state index < -0.39 is 0 Å². The first-order chi connectivity index (χ1) is 8.72. The first kappa shape index (κ1) is 13.5. The number of rotatable bonds is 6. The van der Waals surface area contributed by atoms with Crippen molar-refractivity contribution in [3.8, 4) is 0 Å². The van der Waals surface area contributed by atoms with Gasteiger partial charge in [0, 0.05) is 13.2 Å². The Morgan fingerprint density at radius 3 is 3.00 bits per heavy atom. The number of fused-ring (bicyclic) bond motifs is 1. The van der Waals surface area contributed by atoms with Crippen LogP contribution >= 0.6 is 0 Å². The zero-order chi connectivity index (χ0) is 13.0. The highest BCUT2D eigenvalue weighted by atomic mass is 16.5. The second-order valence-corrected chi connectivity index (χ2v) is 5.21. The number of benzene rings is 1. The van der Waals surface area contributed by atoms with E-state index in [2.05, 4.69) is 36.5 Å². The van der Waals surface area contributed by atoms with E-state index in [0.29, 0.717) is 18.6 Å². The lowest BCUT2D eigenvalue weighted by atomic mass is 10.0. The molecule has 0 spiro atoms. The summed E-state index contributed by atoms with van der Waals surface area (Å²) in [7, 11) is 1.62. The first-order valence-corrected chi connectivity index (χ1v) is 6.70. The average molecular weight is 249 g/mol. The van der Waals surface area contributed by atoms with Crippen molar-refractivity contribution in [3.05, 3.63) is 35.4 Å². The third-order valence-corrected chi connectivity index (χ3v) is 3.70. The van der Waals surface area contributed by atoms with Crippen LogP contribution in [0.2, 0.25) is 0 Å². The maximum atomic E-state index is 9.62. The van der Waals surface area contributed by atoms with Crippen molar-refractivity contribution in [1.29, 1.82) is 0 Å². The topological polar surface area (TPSA) is 41.5 Å². The molecule has 0 aliphatic heterocycles. The summed E-state index contributed by atoms with van der Waals surface area (Å²) in [4.78, 5) is 0. The van der Waals surface area contributed by atoms with E-state index in [1.54, 1.807) is 7.11 Å². The minimum atomic E-state index is -0.366. The molecule has 3 nitrogen and oxygen atoms in total. The Morgan fingerprint density at radius 1 is 1.44 bits per heavy atom. The van der Waals surface area contributed by atoms with Crippen LogP contribution in [0.4, 0.5) is 0 Å². The molecule has 0 bridgehead atoms. The predicted octanol–water partition coefficient (Wildman–Crippen LogP) is 1.91. The zero-order valence-electron chi connectivity index (χ0n) is 11.2. The van der Waals surface area contributed by atoms with Crippen LogP contribution in [0.1, 0.15) is 30.5 Å². The number of ether oxygens (including phenoxy) is 1. The summed E-state index contributed by atoms with van der Waals surface area (Å²) in [6.45, 7) is 3.52. The quantitative estimate of drug-likeness (QED) is 0.809. The molecule has 0 saturated heterocycles. The van der Waals surface area contributed by atoms with Crippen molar-refractivity contribution in [2.45, 2.75) is 31.9 Å². The van der Waals surface area contributed by atoms with E-state index in [4.69, 9.17) is 4.74 Å². The number of nitrogens with one attached hydrogen (secondary N) is 1. The van der Waals surface area contributed by atoms with Crippen molar-refractivity contribution in [2.75, 3.05) is 20.3 Å². The SMILES string of the molecule is COCC(O)CCNC1c2ccccc2CC1C. The smallest absolute Gasteiger partial charge is 0.0785 e. The number of hydrogen-bond donors (Lipinski definition) is 2. The maximum absolute atomic E-state index is 9.62. The van der Waals surface area contributed by atoms with Gasteiger partial charge in [0.15, 0.2) is 0 Å². The lowest BCUT2D eigenvalue weighted by molar-refractivity contribution is 0.0587. The normalized spacial score (nSPS) is 23.9. The molecule has 3 heteroatoms. The molecule has 0 amide bonds. The molecule has 1 aromatic carbocycles. The predicted molar refractivity (Wildman–Crippen MR) is 72.6 cm³/mol. The van der Waals surface area contributed by atoms with Gasteiger partial charge in [-0.05, 0) is 36.4 Å².